The van der Waals surface area contributed by atoms with Crippen LogP contribution < -0.4 is 20.9 Å². The van der Waals surface area contributed by atoms with Crippen LogP contribution in [-0.4, -0.2) is 18.0 Å². The van der Waals surface area contributed by atoms with Crippen molar-refractivity contribution in [1.82, 2.24) is 4.98 Å². The van der Waals surface area contributed by atoms with Gasteiger partial charge in [0.05, 0.1) is 7.11 Å². The third-order valence-electron chi connectivity index (χ3n) is 2.63. The molecule has 0 aliphatic rings. The fourth-order valence-electron chi connectivity index (χ4n) is 1.67. The van der Waals surface area contributed by atoms with Crippen molar-refractivity contribution in [3.63, 3.8) is 0 Å². The van der Waals surface area contributed by atoms with Crippen LogP contribution >= 0.6 is 0 Å². The summed E-state index contributed by atoms with van der Waals surface area (Å²) in [6.45, 7) is 0.371. The molecule has 2 rings (SSSR count). The van der Waals surface area contributed by atoms with Gasteiger partial charge in [0, 0.05) is 24.9 Å². The monoisotopic (exact) mass is 273 g/mol. The molecule has 0 radical (unpaired) electrons. The van der Waals surface area contributed by atoms with Gasteiger partial charge in [0.15, 0.2) is 0 Å². The number of rotatable bonds is 5. The second-order valence-electron chi connectivity index (χ2n) is 4.06. The average molecular weight is 273 g/mol. The third kappa shape index (κ3) is 3.24. The molecule has 0 bridgehead atoms. The summed E-state index contributed by atoms with van der Waals surface area (Å²) in [5.41, 5.74) is 11.8. The van der Waals surface area contributed by atoms with Crippen molar-refractivity contribution in [1.29, 1.82) is 0 Å². The van der Waals surface area contributed by atoms with Crippen LogP contribution in [0.15, 0.2) is 36.5 Å². The normalized spacial score (nSPS) is 10.1. The van der Waals surface area contributed by atoms with E-state index in [1.807, 2.05) is 6.07 Å². The van der Waals surface area contributed by atoms with Crippen molar-refractivity contribution in [3.8, 4) is 17.2 Å². The number of methoxy groups -OCH3 is 1. The molecule has 104 valence electrons. The Bertz CT molecular complexity index is 607. The molecule has 1 amide bonds. The van der Waals surface area contributed by atoms with Crippen LogP contribution in [0.1, 0.15) is 16.1 Å². The first kappa shape index (κ1) is 13.8. The fraction of sp³-hybridized carbons (Fsp3) is 0.143. The zero-order valence-corrected chi connectivity index (χ0v) is 11.0. The van der Waals surface area contributed by atoms with Crippen LogP contribution in [0.2, 0.25) is 0 Å². The first-order valence-corrected chi connectivity index (χ1v) is 5.94. The Morgan fingerprint density at radius 3 is 2.60 bits per heavy atom. The number of nitrogens with zero attached hydrogens (tertiary/aromatic N) is 1. The number of hydrogen-bond acceptors (Lipinski definition) is 5. The van der Waals surface area contributed by atoms with Gasteiger partial charge in [-0.1, -0.05) is 0 Å². The van der Waals surface area contributed by atoms with Crippen LogP contribution in [0.3, 0.4) is 0 Å². The molecule has 0 unspecified atom stereocenters. The highest BCUT2D eigenvalue weighted by Crippen LogP contribution is 2.27. The van der Waals surface area contributed by atoms with Crippen LogP contribution in [0, 0.1) is 0 Å². The van der Waals surface area contributed by atoms with Gasteiger partial charge in [-0.3, -0.25) is 9.78 Å². The Kier molecular flexibility index (Phi) is 4.17. The molecular formula is C14H15N3O3. The Labute approximate surface area is 116 Å². The Morgan fingerprint density at radius 2 is 1.95 bits per heavy atom. The summed E-state index contributed by atoms with van der Waals surface area (Å²) < 4.78 is 10.8. The number of hydrogen-bond donors (Lipinski definition) is 2. The lowest BCUT2D eigenvalue weighted by Crippen LogP contribution is -2.12. The first-order chi connectivity index (χ1) is 9.62. The van der Waals surface area contributed by atoms with Gasteiger partial charge in [-0.25, -0.2) is 0 Å². The number of pyridine rings is 1. The minimum absolute atomic E-state index is 0.143. The Hall–Kier alpha value is -2.60. The quantitative estimate of drug-likeness (QED) is 0.858. The molecule has 1 heterocycles. The molecule has 0 atom stereocenters. The van der Waals surface area contributed by atoms with Crippen LogP contribution in [0.4, 0.5) is 0 Å². The molecule has 6 heteroatoms. The molecule has 0 spiro atoms. The van der Waals surface area contributed by atoms with Gasteiger partial charge in [-0.15, -0.1) is 0 Å². The molecule has 1 aromatic heterocycles. The standard InChI is InChI=1S/C14H15N3O3/c1-19-11-4-9(8-15)5-12(6-11)20-10-2-3-17-13(7-10)14(16)18/h2-7H,8,15H2,1H3,(H2,16,18). The van der Waals surface area contributed by atoms with Crippen molar-refractivity contribution < 1.29 is 14.3 Å². The number of nitrogens with two attached hydrogens (primary N) is 2. The molecule has 6 nitrogen and oxygen atoms in total. The molecule has 1 aromatic carbocycles. The summed E-state index contributed by atoms with van der Waals surface area (Å²) in [6.07, 6.45) is 1.46. The molecule has 4 N–H and O–H groups in total. The van der Waals surface area contributed by atoms with Crippen molar-refractivity contribution >= 4 is 5.91 Å². The number of aromatic nitrogens is 1. The predicted molar refractivity (Wildman–Crippen MR) is 73.7 cm³/mol. The Morgan fingerprint density at radius 1 is 1.20 bits per heavy atom. The zero-order chi connectivity index (χ0) is 14.5. The lowest BCUT2D eigenvalue weighted by molar-refractivity contribution is 0.0995. The molecular weight excluding hydrogens is 258 g/mol. The van der Waals surface area contributed by atoms with E-state index in [1.165, 1.54) is 12.3 Å². The molecule has 20 heavy (non-hydrogen) atoms. The van der Waals surface area contributed by atoms with E-state index >= 15 is 0 Å². The van der Waals surface area contributed by atoms with Gasteiger partial charge in [0.1, 0.15) is 22.9 Å². The largest absolute Gasteiger partial charge is 0.497 e. The van der Waals surface area contributed by atoms with Gasteiger partial charge in [0.25, 0.3) is 5.91 Å². The zero-order valence-electron chi connectivity index (χ0n) is 11.0. The van der Waals surface area contributed by atoms with E-state index < -0.39 is 5.91 Å². The maximum absolute atomic E-state index is 11.1. The van der Waals surface area contributed by atoms with E-state index in [4.69, 9.17) is 20.9 Å². The van der Waals surface area contributed by atoms with Crippen LogP contribution in [-0.2, 0) is 6.54 Å². The lowest BCUT2D eigenvalue weighted by Gasteiger charge is -2.10. The summed E-state index contributed by atoms with van der Waals surface area (Å²) in [4.78, 5) is 14.9. The van der Waals surface area contributed by atoms with Gasteiger partial charge in [0.2, 0.25) is 0 Å². The number of amides is 1. The van der Waals surface area contributed by atoms with Crippen LogP contribution in [0.5, 0.6) is 17.2 Å². The van der Waals surface area contributed by atoms with Crippen LogP contribution in [0.25, 0.3) is 0 Å². The summed E-state index contributed by atoms with van der Waals surface area (Å²) in [5.74, 6) is 1.06. The van der Waals surface area contributed by atoms with Crippen molar-refractivity contribution in [2.24, 2.45) is 11.5 Å². The highest BCUT2D eigenvalue weighted by molar-refractivity contribution is 5.91. The van der Waals surface area contributed by atoms with Gasteiger partial charge < -0.3 is 20.9 Å². The second-order valence-corrected chi connectivity index (χ2v) is 4.06. The van der Waals surface area contributed by atoms with E-state index in [1.54, 1.807) is 25.3 Å². The summed E-state index contributed by atoms with van der Waals surface area (Å²) >= 11 is 0. The highest BCUT2D eigenvalue weighted by Gasteiger charge is 2.06. The highest BCUT2D eigenvalue weighted by atomic mass is 16.5. The van der Waals surface area contributed by atoms with E-state index in [0.29, 0.717) is 23.8 Å². The van der Waals surface area contributed by atoms with E-state index in [9.17, 15) is 4.79 Å². The molecule has 0 fully saturated rings. The van der Waals surface area contributed by atoms with E-state index in [2.05, 4.69) is 4.98 Å². The van der Waals surface area contributed by atoms with Gasteiger partial charge >= 0.3 is 0 Å². The van der Waals surface area contributed by atoms with E-state index in [0.717, 1.165) is 5.56 Å². The lowest BCUT2D eigenvalue weighted by atomic mass is 10.2. The number of carbonyl (C=O) groups excluding carboxylic acids is 1. The number of primary amides is 1. The maximum Gasteiger partial charge on any atom is 0.267 e. The molecule has 0 aliphatic carbocycles. The first-order valence-electron chi connectivity index (χ1n) is 5.94. The SMILES string of the molecule is COc1cc(CN)cc(Oc2ccnc(C(N)=O)c2)c1. The summed E-state index contributed by atoms with van der Waals surface area (Å²) in [6, 6.07) is 8.46. The minimum atomic E-state index is -0.608. The fourth-order valence-corrected chi connectivity index (χ4v) is 1.67. The minimum Gasteiger partial charge on any atom is -0.497 e. The number of benzene rings is 1. The Balaban J connectivity index is 2.29. The molecule has 2 aromatic rings. The predicted octanol–water partition coefficient (Wildman–Crippen LogP) is 1.44. The van der Waals surface area contributed by atoms with Crippen molar-refractivity contribution in [2.45, 2.75) is 6.54 Å². The average Bonchev–Trinajstić information content (AvgIpc) is 2.47. The third-order valence-corrected chi connectivity index (χ3v) is 2.63. The summed E-state index contributed by atoms with van der Waals surface area (Å²) in [7, 11) is 1.57. The topological polar surface area (TPSA) is 100 Å². The maximum atomic E-state index is 11.1. The van der Waals surface area contributed by atoms with Gasteiger partial charge in [-0.2, -0.15) is 0 Å². The van der Waals surface area contributed by atoms with Crippen molar-refractivity contribution in [2.75, 3.05) is 7.11 Å². The van der Waals surface area contributed by atoms with Gasteiger partial charge in [-0.05, 0) is 23.8 Å². The number of ether oxygens (including phenoxy) is 2. The van der Waals surface area contributed by atoms with Crippen molar-refractivity contribution in [3.05, 3.63) is 47.8 Å². The number of carbonyl (C=O) groups is 1. The van der Waals surface area contributed by atoms with E-state index in [-0.39, 0.29) is 5.69 Å². The molecule has 0 saturated heterocycles. The molecule has 0 saturated carbocycles. The summed E-state index contributed by atoms with van der Waals surface area (Å²) in [5, 5.41) is 0. The molecule has 0 aliphatic heterocycles. The second kappa shape index (κ2) is 6.03. The smallest absolute Gasteiger partial charge is 0.267 e.